The summed E-state index contributed by atoms with van der Waals surface area (Å²) in [5.74, 6) is -1.88. The zero-order valence-corrected chi connectivity index (χ0v) is 11.8. The second-order valence-electron chi connectivity index (χ2n) is 4.16. The highest BCUT2D eigenvalue weighted by Crippen LogP contribution is 2.17. The first kappa shape index (κ1) is 14.9. The topological polar surface area (TPSA) is 91.3 Å². The van der Waals surface area contributed by atoms with Gasteiger partial charge in [-0.25, -0.2) is 19.0 Å². The van der Waals surface area contributed by atoms with E-state index in [0.717, 1.165) is 28.8 Å². The molecule has 3 N–H and O–H groups in total. The quantitative estimate of drug-likeness (QED) is 0.809. The molecule has 0 unspecified atom stereocenters. The third-order valence-corrected chi connectivity index (χ3v) is 3.65. The van der Waals surface area contributed by atoms with Gasteiger partial charge in [0.1, 0.15) is 5.82 Å². The molecule has 0 aliphatic carbocycles. The van der Waals surface area contributed by atoms with E-state index in [2.05, 4.69) is 15.6 Å². The number of aromatic nitrogens is 1. The smallest absolute Gasteiger partial charge is 0.337 e. The first-order chi connectivity index (χ1) is 9.97. The van der Waals surface area contributed by atoms with Crippen molar-refractivity contribution in [2.75, 3.05) is 5.32 Å². The fourth-order valence-corrected chi connectivity index (χ4v) is 2.35. The van der Waals surface area contributed by atoms with Crippen LogP contribution in [0, 0.1) is 12.7 Å². The lowest BCUT2D eigenvalue weighted by molar-refractivity contribution is 0.0698. The molecule has 8 heteroatoms. The van der Waals surface area contributed by atoms with Crippen molar-refractivity contribution in [1.29, 1.82) is 0 Å². The summed E-state index contributed by atoms with van der Waals surface area (Å²) in [5.41, 5.74) is 2.21. The predicted octanol–water partition coefficient (Wildman–Crippen LogP) is 2.61. The number of rotatable bonds is 4. The number of hydrogen-bond donors (Lipinski definition) is 3. The van der Waals surface area contributed by atoms with Gasteiger partial charge in [-0.3, -0.25) is 0 Å². The average molecular weight is 309 g/mol. The van der Waals surface area contributed by atoms with Crippen LogP contribution in [-0.2, 0) is 6.54 Å². The van der Waals surface area contributed by atoms with Crippen molar-refractivity contribution < 1.29 is 19.1 Å². The fraction of sp³-hybridized carbons (Fsp3) is 0.154. The molecule has 2 amide bonds. The molecule has 0 aliphatic heterocycles. The number of anilines is 1. The van der Waals surface area contributed by atoms with E-state index in [9.17, 15) is 14.0 Å². The number of halogens is 1. The van der Waals surface area contributed by atoms with E-state index in [-0.39, 0.29) is 17.8 Å². The van der Waals surface area contributed by atoms with Gasteiger partial charge in [-0.05, 0) is 25.1 Å². The third-order valence-electron chi connectivity index (χ3n) is 2.71. The molecule has 0 saturated heterocycles. The van der Waals surface area contributed by atoms with Gasteiger partial charge in [0.05, 0.1) is 29.0 Å². The van der Waals surface area contributed by atoms with Crippen molar-refractivity contribution in [1.82, 2.24) is 10.3 Å². The normalized spacial score (nSPS) is 10.2. The Labute approximate surface area is 123 Å². The molecule has 2 rings (SSSR count). The number of amides is 2. The molecular weight excluding hydrogens is 297 g/mol. The highest BCUT2D eigenvalue weighted by molar-refractivity contribution is 7.09. The second-order valence-corrected chi connectivity index (χ2v) is 5.10. The van der Waals surface area contributed by atoms with Crippen LogP contribution in [0.5, 0.6) is 0 Å². The summed E-state index contributed by atoms with van der Waals surface area (Å²) in [6.45, 7) is 2.08. The van der Waals surface area contributed by atoms with Gasteiger partial charge in [-0.15, -0.1) is 11.3 Å². The highest BCUT2D eigenvalue weighted by atomic mass is 32.1. The lowest BCUT2D eigenvalue weighted by atomic mass is 10.2. The minimum Gasteiger partial charge on any atom is -0.478 e. The summed E-state index contributed by atoms with van der Waals surface area (Å²) < 4.78 is 13.2. The van der Waals surface area contributed by atoms with Crippen LogP contribution in [0.25, 0.3) is 0 Å². The molecule has 1 heterocycles. The molecule has 0 aliphatic rings. The van der Waals surface area contributed by atoms with Crippen LogP contribution in [0.3, 0.4) is 0 Å². The molecule has 2 aromatic rings. The molecule has 0 saturated carbocycles. The van der Waals surface area contributed by atoms with E-state index in [1.54, 1.807) is 5.51 Å². The maximum atomic E-state index is 13.2. The summed E-state index contributed by atoms with van der Waals surface area (Å²) in [6.07, 6.45) is 0. The van der Waals surface area contributed by atoms with Gasteiger partial charge < -0.3 is 15.7 Å². The van der Waals surface area contributed by atoms with Gasteiger partial charge in [0.15, 0.2) is 0 Å². The molecule has 1 aromatic carbocycles. The van der Waals surface area contributed by atoms with Crippen molar-refractivity contribution in [3.05, 3.63) is 45.7 Å². The SMILES string of the molecule is Cc1ncsc1CNC(=O)Nc1cc(F)ccc1C(=O)O. The van der Waals surface area contributed by atoms with E-state index in [4.69, 9.17) is 5.11 Å². The largest absolute Gasteiger partial charge is 0.478 e. The zero-order chi connectivity index (χ0) is 15.4. The number of carboxylic acid groups (broad SMARTS) is 1. The fourth-order valence-electron chi connectivity index (χ4n) is 1.63. The van der Waals surface area contributed by atoms with Gasteiger partial charge in [0.25, 0.3) is 0 Å². The van der Waals surface area contributed by atoms with Crippen LogP contribution < -0.4 is 10.6 Å². The van der Waals surface area contributed by atoms with Crippen molar-refractivity contribution in [3.63, 3.8) is 0 Å². The van der Waals surface area contributed by atoms with Crippen LogP contribution in [0.4, 0.5) is 14.9 Å². The molecule has 0 atom stereocenters. The second kappa shape index (κ2) is 6.31. The van der Waals surface area contributed by atoms with E-state index in [1.165, 1.54) is 11.3 Å². The molecule has 0 radical (unpaired) electrons. The van der Waals surface area contributed by atoms with Gasteiger partial charge >= 0.3 is 12.0 Å². The van der Waals surface area contributed by atoms with Crippen molar-refractivity contribution >= 4 is 29.0 Å². The number of nitrogens with one attached hydrogen (secondary N) is 2. The Kier molecular flexibility index (Phi) is 4.49. The summed E-state index contributed by atoms with van der Waals surface area (Å²) in [4.78, 5) is 27.7. The van der Waals surface area contributed by atoms with E-state index in [0.29, 0.717) is 0 Å². The number of carboxylic acids is 1. The number of aromatic carboxylic acids is 1. The van der Waals surface area contributed by atoms with Gasteiger partial charge in [-0.2, -0.15) is 0 Å². The monoisotopic (exact) mass is 309 g/mol. The van der Waals surface area contributed by atoms with Gasteiger partial charge in [0.2, 0.25) is 0 Å². The highest BCUT2D eigenvalue weighted by Gasteiger charge is 2.13. The number of urea groups is 1. The standard InChI is InChI=1S/C13H12FN3O3S/c1-7-11(21-6-16-7)5-15-13(20)17-10-4-8(14)2-3-9(10)12(18)19/h2-4,6H,5H2,1H3,(H,18,19)(H2,15,17,20). The lowest BCUT2D eigenvalue weighted by Crippen LogP contribution is -2.29. The third kappa shape index (κ3) is 3.76. The number of thiazole rings is 1. The maximum absolute atomic E-state index is 13.2. The number of benzene rings is 1. The first-order valence-corrected chi connectivity index (χ1v) is 6.82. The number of aryl methyl sites for hydroxylation is 1. The van der Waals surface area contributed by atoms with Gasteiger partial charge in [-0.1, -0.05) is 0 Å². The molecular formula is C13H12FN3O3S. The first-order valence-electron chi connectivity index (χ1n) is 5.94. The van der Waals surface area contributed by atoms with Crippen LogP contribution in [0.1, 0.15) is 20.9 Å². The van der Waals surface area contributed by atoms with Crippen LogP contribution in [0.2, 0.25) is 0 Å². The predicted molar refractivity (Wildman–Crippen MR) is 76.1 cm³/mol. The average Bonchev–Trinajstić information content (AvgIpc) is 2.81. The Balaban J connectivity index is 2.04. The van der Waals surface area contributed by atoms with Crippen LogP contribution >= 0.6 is 11.3 Å². The Morgan fingerprint density at radius 1 is 1.43 bits per heavy atom. The van der Waals surface area contributed by atoms with E-state index < -0.39 is 17.8 Å². The summed E-state index contributed by atoms with van der Waals surface area (Å²) in [7, 11) is 0. The maximum Gasteiger partial charge on any atom is 0.337 e. The Bertz CT molecular complexity index is 687. The molecule has 0 spiro atoms. The summed E-state index contributed by atoms with van der Waals surface area (Å²) >= 11 is 1.40. The Morgan fingerprint density at radius 3 is 2.81 bits per heavy atom. The molecule has 21 heavy (non-hydrogen) atoms. The number of hydrogen-bond acceptors (Lipinski definition) is 4. The van der Waals surface area contributed by atoms with Crippen LogP contribution in [0.15, 0.2) is 23.7 Å². The van der Waals surface area contributed by atoms with Crippen molar-refractivity contribution in [2.24, 2.45) is 0 Å². The van der Waals surface area contributed by atoms with Crippen LogP contribution in [-0.4, -0.2) is 22.1 Å². The number of carbonyl (C=O) groups excluding carboxylic acids is 1. The van der Waals surface area contributed by atoms with E-state index in [1.807, 2.05) is 6.92 Å². The van der Waals surface area contributed by atoms with Crippen molar-refractivity contribution in [3.8, 4) is 0 Å². The van der Waals surface area contributed by atoms with Gasteiger partial charge in [0, 0.05) is 4.88 Å². The minimum absolute atomic E-state index is 0.0963. The molecule has 0 bridgehead atoms. The molecule has 6 nitrogen and oxygen atoms in total. The Morgan fingerprint density at radius 2 is 2.19 bits per heavy atom. The molecule has 1 aromatic heterocycles. The minimum atomic E-state index is -1.25. The lowest BCUT2D eigenvalue weighted by Gasteiger charge is -2.09. The number of carbonyl (C=O) groups is 2. The zero-order valence-electron chi connectivity index (χ0n) is 11.0. The molecule has 0 fully saturated rings. The summed E-state index contributed by atoms with van der Waals surface area (Å²) in [6, 6.07) is 2.46. The molecule has 110 valence electrons. The van der Waals surface area contributed by atoms with Crippen molar-refractivity contribution in [2.45, 2.75) is 13.5 Å². The number of nitrogens with zero attached hydrogens (tertiary/aromatic N) is 1. The van der Waals surface area contributed by atoms with E-state index >= 15 is 0 Å². The summed E-state index contributed by atoms with van der Waals surface area (Å²) in [5, 5.41) is 13.9. The Hall–Kier alpha value is -2.48.